The van der Waals surface area contributed by atoms with Crippen molar-refractivity contribution in [3.63, 3.8) is 0 Å². The van der Waals surface area contributed by atoms with Gasteiger partial charge in [-0.25, -0.2) is 4.79 Å². The molecule has 0 radical (unpaired) electrons. The third-order valence-electron chi connectivity index (χ3n) is 4.03. The molecule has 0 atom stereocenters. The summed E-state index contributed by atoms with van der Waals surface area (Å²) in [5.74, 6) is -0.588. The van der Waals surface area contributed by atoms with E-state index < -0.39 is 5.97 Å². The lowest BCUT2D eigenvalue weighted by Crippen LogP contribution is -2.11. The first kappa shape index (κ1) is 17.1. The predicted octanol–water partition coefficient (Wildman–Crippen LogP) is 3.33. The van der Waals surface area contributed by atoms with Crippen LogP contribution in [-0.2, 0) is 11.3 Å². The largest absolute Gasteiger partial charge is 0.464 e. The van der Waals surface area contributed by atoms with Crippen LogP contribution < -0.4 is 11.1 Å². The van der Waals surface area contributed by atoms with Crippen LogP contribution in [0.15, 0.2) is 60.8 Å². The van der Waals surface area contributed by atoms with E-state index in [1.807, 2.05) is 48.5 Å². The molecule has 6 heteroatoms. The third-order valence-corrected chi connectivity index (χ3v) is 4.03. The fraction of sp³-hybridized carbons (Fsp3) is 0.100. The van der Waals surface area contributed by atoms with Crippen molar-refractivity contribution < 1.29 is 9.53 Å². The highest BCUT2D eigenvalue weighted by atomic mass is 16.5. The second-order valence-corrected chi connectivity index (χ2v) is 5.66. The van der Waals surface area contributed by atoms with Gasteiger partial charge in [0.2, 0.25) is 0 Å². The van der Waals surface area contributed by atoms with Crippen LogP contribution in [0, 0.1) is 11.3 Å². The van der Waals surface area contributed by atoms with Crippen LogP contribution in [-0.4, -0.2) is 17.6 Å². The standard InChI is InChI=1S/C20H18N4O2/c1-26-20(25)19-18(22)15(11-21)13-24(19)17-9-7-16(8-10-17)23-12-14-5-3-2-4-6-14/h2-10,13,23H,12,22H2,1H3. The van der Waals surface area contributed by atoms with Crippen molar-refractivity contribution in [3.05, 3.63) is 77.6 Å². The Morgan fingerprint density at radius 2 is 1.88 bits per heavy atom. The van der Waals surface area contributed by atoms with Gasteiger partial charge >= 0.3 is 5.97 Å². The number of hydrogen-bond donors (Lipinski definition) is 2. The highest BCUT2D eigenvalue weighted by molar-refractivity contribution is 5.95. The van der Waals surface area contributed by atoms with Gasteiger partial charge in [-0.2, -0.15) is 5.26 Å². The average molecular weight is 346 g/mol. The highest BCUT2D eigenvalue weighted by Crippen LogP contribution is 2.25. The first-order valence-corrected chi connectivity index (χ1v) is 8.01. The molecule has 1 heterocycles. The molecule has 6 nitrogen and oxygen atoms in total. The fourth-order valence-corrected chi connectivity index (χ4v) is 2.66. The molecule has 0 saturated carbocycles. The SMILES string of the molecule is COC(=O)c1c(N)c(C#N)cn1-c1ccc(NCc2ccccc2)cc1. The minimum atomic E-state index is -0.588. The monoisotopic (exact) mass is 346 g/mol. The van der Waals surface area contributed by atoms with Gasteiger partial charge in [-0.3, -0.25) is 0 Å². The molecule has 130 valence electrons. The van der Waals surface area contributed by atoms with Crippen molar-refractivity contribution >= 4 is 17.3 Å². The number of carbonyl (C=O) groups excluding carboxylic acids is 1. The lowest BCUT2D eigenvalue weighted by Gasteiger charge is -2.10. The Balaban J connectivity index is 1.85. The van der Waals surface area contributed by atoms with Gasteiger partial charge in [-0.05, 0) is 29.8 Å². The number of hydrogen-bond acceptors (Lipinski definition) is 5. The molecule has 0 aliphatic heterocycles. The van der Waals surface area contributed by atoms with Crippen molar-refractivity contribution in [2.24, 2.45) is 0 Å². The van der Waals surface area contributed by atoms with E-state index in [0.29, 0.717) is 12.2 Å². The van der Waals surface area contributed by atoms with Crippen molar-refractivity contribution in [2.75, 3.05) is 18.2 Å². The van der Waals surface area contributed by atoms with Gasteiger partial charge in [-0.15, -0.1) is 0 Å². The first-order chi connectivity index (χ1) is 12.6. The first-order valence-electron chi connectivity index (χ1n) is 8.01. The molecule has 0 saturated heterocycles. The van der Waals surface area contributed by atoms with Crippen molar-refractivity contribution in [2.45, 2.75) is 6.54 Å². The number of nitriles is 1. The molecular formula is C20H18N4O2. The summed E-state index contributed by atoms with van der Waals surface area (Å²) in [5.41, 5.74) is 9.25. The zero-order valence-electron chi connectivity index (χ0n) is 14.3. The van der Waals surface area contributed by atoms with Crippen LogP contribution in [0.4, 0.5) is 11.4 Å². The number of methoxy groups -OCH3 is 1. The predicted molar refractivity (Wildman–Crippen MR) is 100 cm³/mol. The zero-order chi connectivity index (χ0) is 18.5. The molecule has 0 fully saturated rings. The Bertz CT molecular complexity index is 954. The summed E-state index contributed by atoms with van der Waals surface area (Å²) in [6.45, 7) is 0.711. The van der Waals surface area contributed by atoms with E-state index in [4.69, 9.17) is 10.5 Å². The van der Waals surface area contributed by atoms with E-state index in [2.05, 4.69) is 17.4 Å². The quantitative estimate of drug-likeness (QED) is 0.691. The molecule has 0 unspecified atom stereocenters. The van der Waals surface area contributed by atoms with E-state index in [0.717, 1.165) is 5.69 Å². The zero-order valence-corrected chi connectivity index (χ0v) is 14.3. The minimum Gasteiger partial charge on any atom is -0.464 e. The number of aromatic nitrogens is 1. The maximum absolute atomic E-state index is 12.0. The maximum Gasteiger partial charge on any atom is 0.357 e. The Morgan fingerprint density at radius 1 is 1.19 bits per heavy atom. The number of rotatable bonds is 5. The number of nitrogens with one attached hydrogen (secondary N) is 1. The fourth-order valence-electron chi connectivity index (χ4n) is 2.66. The summed E-state index contributed by atoms with van der Waals surface area (Å²) in [5, 5.41) is 12.5. The summed E-state index contributed by atoms with van der Waals surface area (Å²) >= 11 is 0. The van der Waals surface area contributed by atoms with Gasteiger partial charge in [0.25, 0.3) is 0 Å². The van der Waals surface area contributed by atoms with Gasteiger partial charge in [0.15, 0.2) is 5.69 Å². The number of nitrogens with two attached hydrogens (primary N) is 1. The molecule has 0 amide bonds. The molecule has 3 aromatic rings. The van der Waals surface area contributed by atoms with E-state index >= 15 is 0 Å². The molecule has 0 bridgehead atoms. The molecule has 0 spiro atoms. The number of esters is 1. The van der Waals surface area contributed by atoms with E-state index in [9.17, 15) is 10.1 Å². The molecule has 0 aliphatic carbocycles. The van der Waals surface area contributed by atoms with Crippen LogP contribution in [0.2, 0.25) is 0 Å². The van der Waals surface area contributed by atoms with Gasteiger partial charge in [0.1, 0.15) is 6.07 Å². The Morgan fingerprint density at radius 3 is 2.50 bits per heavy atom. The average Bonchev–Trinajstić information content (AvgIpc) is 3.03. The van der Waals surface area contributed by atoms with Crippen LogP contribution in [0.25, 0.3) is 5.69 Å². The van der Waals surface area contributed by atoms with E-state index in [-0.39, 0.29) is 16.9 Å². The topological polar surface area (TPSA) is 93.1 Å². The van der Waals surface area contributed by atoms with Gasteiger partial charge in [0.05, 0.1) is 18.4 Å². The Hall–Kier alpha value is -3.72. The number of nitrogen functional groups attached to an aromatic ring is 1. The van der Waals surface area contributed by atoms with Crippen molar-refractivity contribution in [1.29, 1.82) is 5.26 Å². The molecule has 0 aliphatic rings. The summed E-state index contributed by atoms with van der Waals surface area (Å²) in [6, 6.07) is 19.6. The van der Waals surface area contributed by atoms with Crippen LogP contribution in [0.5, 0.6) is 0 Å². The van der Waals surface area contributed by atoms with Gasteiger partial charge in [-0.1, -0.05) is 30.3 Å². The van der Waals surface area contributed by atoms with Crippen LogP contribution in [0.3, 0.4) is 0 Å². The lowest BCUT2D eigenvalue weighted by molar-refractivity contribution is 0.0593. The highest BCUT2D eigenvalue weighted by Gasteiger charge is 2.21. The van der Waals surface area contributed by atoms with Crippen molar-refractivity contribution in [3.8, 4) is 11.8 Å². The molecule has 3 rings (SSSR count). The third kappa shape index (κ3) is 3.37. The smallest absolute Gasteiger partial charge is 0.357 e. The molecule has 2 aromatic carbocycles. The van der Waals surface area contributed by atoms with E-state index in [1.54, 1.807) is 4.57 Å². The Kier molecular flexibility index (Phi) is 4.90. The summed E-state index contributed by atoms with van der Waals surface area (Å²) in [6.07, 6.45) is 1.54. The lowest BCUT2D eigenvalue weighted by atomic mass is 10.2. The number of nitrogens with zero attached hydrogens (tertiary/aromatic N) is 2. The number of anilines is 2. The number of ether oxygens (including phenoxy) is 1. The number of benzene rings is 2. The molecule has 3 N–H and O–H groups in total. The summed E-state index contributed by atoms with van der Waals surface area (Å²) < 4.78 is 6.36. The summed E-state index contributed by atoms with van der Waals surface area (Å²) in [4.78, 5) is 12.0. The maximum atomic E-state index is 12.0. The molecule has 1 aromatic heterocycles. The molecule has 26 heavy (non-hydrogen) atoms. The van der Waals surface area contributed by atoms with Gasteiger partial charge in [0, 0.05) is 24.1 Å². The second kappa shape index (κ2) is 7.45. The normalized spacial score (nSPS) is 10.2. The van der Waals surface area contributed by atoms with E-state index in [1.165, 1.54) is 18.9 Å². The second-order valence-electron chi connectivity index (χ2n) is 5.66. The summed E-state index contributed by atoms with van der Waals surface area (Å²) in [7, 11) is 1.28. The molecular weight excluding hydrogens is 328 g/mol. The number of carbonyl (C=O) groups is 1. The van der Waals surface area contributed by atoms with Crippen molar-refractivity contribution in [1.82, 2.24) is 4.57 Å². The van der Waals surface area contributed by atoms with Crippen LogP contribution in [0.1, 0.15) is 21.6 Å². The Labute approximate surface area is 151 Å². The minimum absolute atomic E-state index is 0.116. The van der Waals surface area contributed by atoms with Gasteiger partial charge < -0.3 is 20.4 Å². The van der Waals surface area contributed by atoms with Crippen LogP contribution >= 0.6 is 0 Å².